The zero-order valence-electron chi connectivity index (χ0n) is 19.1. The highest BCUT2D eigenvalue weighted by molar-refractivity contribution is 7.17. The first-order valence-electron chi connectivity index (χ1n) is 11.2. The Hall–Kier alpha value is -2.33. The lowest BCUT2D eigenvalue weighted by atomic mass is 9.61. The Morgan fingerprint density at radius 3 is 2.71 bits per heavy atom. The molecule has 31 heavy (non-hydrogen) atoms. The van der Waals surface area contributed by atoms with Crippen LogP contribution in [0.4, 0.5) is 0 Å². The number of nitrogens with zero attached hydrogens (tertiary/aromatic N) is 1. The lowest BCUT2D eigenvalue weighted by Gasteiger charge is -2.50. The third kappa shape index (κ3) is 3.76. The van der Waals surface area contributed by atoms with Crippen molar-refractivity contribution in [3.05, 3.63) is 65.8 Å². The fraction of sp³-hybridized carbons (Fsp3) is 0.444. The van der Waals surface area contributed by atoms with Gasteiger partial charge < -0.3 is 9.64 Å². The quantitative estimate of drug-likeness (QED) is 0.502. The molecule has 2 aliphatic heterocycles. The molecule has 0 saturated carbocycles. The molecule has 2 aliphatic rings. The summed E-state index contributed by atoms with van der Waals surface area (Å²) in [6.07, 6.45) is 3.90. The lowest BCUT2D eigenvalue weighted by molar-refractivity contribution is -0.134. The van der Waals surface area contributed by atoms with Crippen LogP contribution in [-0.4, -0.2) is 30.0 Å². The summed E-state index contributed by atoms with van der Waals surface area (Å²) in [6, 6.07) is 8.43. The second kappa shape index (κ2) is 8.31. The molecule has 1 aromatic carbocycles. The maximum Gasteiger partial charge on any atom is 0.257 e. The zero-order valence-corrected chi connectivity index (χ0v) is 19.9. The van der Waals surface area contributed by atoms with Gasteiger partial charge in [0.2, 0.25) is 0 Å². The van der Waals surface area contributed by atoms with Gasteiger partial charge in [-0.1, -0.05) is 53.0 Å². The maximum atomic E-state index is 13.3. The van der Waals surface area contributed by atoms with Crippen LogP contribution >= 0.6 is 11.3 Å². The van der Waals surface area contributed by atoms with Gasteiger partial charge in [-0.25, -0.2) is 0 Å². The molecule has 0 bridgehead atoms. The van der Waals surface area contributed by atoms with Crippen molar-refractivity contribution in [1.29, 1.82) is 0 Å². The highest BCUT2D eigenvalue weighted by atomic mass is 32.1. The van der Waals surface area contributed by atoms with E-state index in [0.717, 1.165) is 30.5 Å². The van der Waals surface area contributed by atoms with Crippen molar-refractivity contribution >= 4 is 32.9 Å². The zero-order chi connectivity index (χ0) is 22.3. The van der Waals surface area contributed by atoms with Gasteiger partial charge in [0.05, 0.1) is 11.6 Å². The molecule has 4 heteroatoms. The van der Waals surface area contributed by atoms with Crippen LogP contribution in [0.15, 0.2) is 60.2 Å². The number of piperidine rings is 1. The van der Waals surface area contributed by atoms with E-state index in [0.29, 0.717) is 29.8 Å². The van der Waals surface area contributed by atoms with E-state index in [1.165, 1.54) is 10.1 Å². The molecular weight excluding hydrogens is 402 g/mol. The van der Waals surface area contributed by atoms with Crippen LogP contribution in [0.1, 0.15) is 46.1 Å². The third-order valence-corrected chi connectivity index (χ3v) is 8.45. The molecule has 2 aromatic rings. The van der Waals surface area contributed by atoms with Crippen molar-refractivity contribution in [3.63, 3.8) is 0 Å². The Balaban J connectivity index is 1.62. The predicted octanol–water partition coefficient (Wildman–Crippen LogP) is 6.67. The Labute approximate surface area is 190 Å². The summed E-state index contributed by atoms with van der Waals surface area (Å²) in [4.78, 5) is 15.3. The van der Waals surface area contributed by atoms with E-state index in [1.807, 2.05) is 17.0 Å². The molecule has 1 aromatic heterocycles. The molecule has 1 atom stereocenters. The summed E-state index contributed by atoms with van der Waals surface area (Å²) in [6.45, 7) is 18.9. The van der Waals surface area contributed by atoms with Crippen LogP contribution in [0, 0.1) is 17.3 Å². The Morgan fingerprint density at radius 1 is 1.26 bits per heavy atom. The van der Waals surface area contributed by atoms with Gasteiger partial charge in [0.15, 0.2) is 0 Å². The van der Waals surface area contributed by atoms with Crippen molar-refractivity contribution < 1.29 is 9.53 Å². The first-order chi connectivity index (χ1) is 14.7. The maximum absolute atomic E-state index is 13.3. The van der Waals surface area contributed by atoms with Crippen LogP contribution in [0.2, 0.25) is 0 Å². The molecule has 2 fully saturated rings. The molecular formula is C27H33NO2S. The summed E-state index contributed by atoms with van der Waals surface area (Å²) in [5, 5.41) is 3.27. The molecule has 4 rings (SSSR count). The molecule has 2 saturated heterocycles. The van der Waals surface area contributed by atoms with Crippen LogP contribution in [0.3, 0.4) is 0 Å². The van der Waals surface area contributed by atoms with E-state index in [2.05, 4.69) is 64.4 Å². The standard InChI is InChI=1S/C27H33NO2S/c1-17(2)27(18(3)4)11-12-28-21(15-27)16-30-24(20(6)26(28)29)14-19(5)22-8-7-9-25-23(22)10-13-31-25/h7-10,13-14,17-18,21H,5-6,11-12,15-16H2,1-4H3/b24-14+. The minimum absolute atomic E-state index is 0.00333. The number of thiophene rings is 1. The van der Waals surface area contributed by atoms with Gasteiger partial charge in [-0.05, 0) is 64.8 Å². The summed E-state index contributed by atoms with van der Waals surface area (Å²) < 4.78 is 7.46. The number of ether oxygens (including phenoxy) is 1. The number of hydrogen-bond donors (Lipinski definition) is 0. The predicted molar refractivity (Wildman–Crippen MR) is 131 cm³/mol. The second-order valence-electron chi connectivity index (χ2n) is 9.61. The fourth-order valence-electron chi connectivity index (χ4n) is 5.48. The van der Waals surface area contributed by atoms with E-state index in [-0.39, 0.29) is 17.4 Å². The third-order valence-electron chi connectivity index (χ3n) is 7.57. The fourth-order valence-corrected chi connectivity index (χ4v) is 6.30. The molecule has 3 heterocycles. The minimum atomic E-state index is -0.00333. The minimum Gasteiger partial charge on any atom is -0.491 e. The van der Waals surface area contributed by atoms with E-state index in [4.69, 9.17) is 4.74 Å². The first kappa shape index (κ1) is 21.9. The van der Waals surface area contributed by atoms with Crippen molar-refractivity contribution in [1.82, 2.24) is 4.90 Å². The molecule has 0 radical (unpaired) electrons. The monoisotopic (exact) mass is 435 g/mol. The van der Waals surface area contributed by atoms with Crippen molar-refractivity contribution in [2.24, 2.45) is 17.3 Å². The van der Waals surface area contributed by atoms with Crippen LogP contribution in [0.5, 0.6) is 0 Å². The van der Waals surface area contributed by atoms with Gasteiger partial charge in [0, 0.05) is 16.6 Å². The van der Waals surface area contributed by atoms with Gasteiger partial charge >= 0.3 is 0 Å². The molecule has 0 spiro atoms. The SMILES string of the molecule is C=C1C(=O)N2CCC(C(C)C)(C(C)C)CC2CO/C1=C/C(=C)c1cccc2sccc12. The van der Waals surface area contributed by atoms with Crippen LogP contribution < -0.4 is 0 Å². The molecule has 3 nitrogen and oxygen atoms in total. The number of amides is 1. The molecule has 0 N–H and O–H groups in total. The van der Waals surface area contributed by atoms with E-state index >= 15 is 0 Å². The van der Waals surface area contributed by atoms with Crippen LogP contribution in [0.25, 0.3) is 15.7 Å². The van der Waals surface area contributed by atoms with Crippen molar-refractivity contribution in [2.45, 2.75) is 46.6 Å². The number of carbonyl (C=O) groups is 1. The Kier molecular flexibility index (Phi) is 5.87. The smallest absolute Gasteiger partial charge is 0.257 e. The largest absolute Gasteiger partial charge is 0.491 e. The number of carbonyl (C=O) groups excluding carboxylic acids is 1. The van der Waals surface area contributed by atoms with Gasteiger partial charge in [0.1, 0.15) is 12.4 Å². The van der Waals surface area contributed by atoms with Crippen molar-refractivity contribution in [3.8, 4) is 0 Å². The van der Waals surface area contributed by atoms with E-state index in [1.54, 1.807) is 11.3 Å². The Bertz CT molecular complexity index is 1050. The van der Waals surface area contributed by atoms with Gasteiger partial charge in [-0.15, -0.1) is 11.3 Å². The molecule has 164 valence electrons. The number of benzene rings is 1. The number of fused-ring (bicyclic) bond motifs is 2. The lowest BCUT2D eigenvalue weighted by Crippen LogP contribution is -2.53. The van der Waals surface area contributed by atoms with Gasteiger partial charge in [-0.2, -0.15) is 0 Å². The topological polar surface area (TPSA) is 29.5 Å². The summed E-state index contributed by atoms with van der Waals surface area (Å²) in [5.74, 6) is 1.68. The van der Waals surface area contributed by atoms with E-state index < -0.39 is 0 Å². The first-order valence-corrected chi connectivity index (χ1v) is 12.1. The number of hydrogen-bond acceptors (Lipinski definition) is 3. The Morgan fingerprint density at radius 2 is 2.00 bits per heavy atom. The van der Waals surface area contributed by atoms with Gasteiger partial charge in [0.25, 0.3) is 5.91 Å². The van der Waals surface area contributed by atoms with Gasteiger partial charge in [-0.3, -0.25) is 4.79 Å². The average molecular weight is 436 g/mol. The summed E-state index contributed by atoms with van der Waals surface area (Å²) >= 11 is 1.72. The van der Waals surface area contributed by atoms with Crippen molar-refractivity contribution in [2.75, 3.05) is 13.2 Å². The molecule has 0 aliphatic carbocycles. The second-order valence-corrected chi connectivity index (χ2v) is 10.6. The molecule has 1 amide bonds. The summed E-state index contributed by atoms with van der Waals surface area (Å²) in [5.41, 5.74) is 2.57. The molecule has 1 unspecified atom stereocenters. The number of allylic oxidation sites excluding steroid dienone is 2. The number of rotatable bonds is 4. The highest BCUT2D eigenvalue weighted by Gasteiger charge is 2.46. The highest BCUT2D eigenvalue weighted by Crippen LogP contribution is 2.48. The average Bonchev–Trinajstić information content (AvgIpc) is 3.19. The summed E-state index contributed by atoms with van der Waals surface area (Å²) in [7, 11) is 0. The van der Waals surface area contributed by atoms with Crippen LogP contribution in [-0.2, 0) is 9.53 Å². The van der Waals surface area contributed by atoms with E-state index in [9.17, 15) is 4.79 Å². The normalized spacial score (nSPS) is 22.7.